The third kappa shape index (κ3) is 3.20. The van der Waals surface area contributed by atoms with Crippen molar-refractivity contribution >= 4 is 0 Å². The van der Waals surface area contributed by atoms with Gasteiger partial charge in [-0.05, 0) is 30.9 Å². The summed E-state index contributed by atoms with van der Waals surface area (Å²) < 4.78 is 18.5. The Morgan fingerprint density at radius 2 is 2.07 bits per heavy atom. The number of methoxy groups -OCH3 is 1. The number of benzene rings is 1. The van der Waals surface area contributed by atoms with Gasteiger partial charge in [-0.2, -0.15) is 0 Å². The van der Waals surface area contributed by atoms with Gasteiger partial charge in [-0.3, -0.25) is 0 Å². The predicted molar refractivity (Wildman–Crippen MR) is 57.7 cm³/mol. The fourth-order valence-corrected chi connectivity index (χ4v) is 1.67. The monoisotopic (exact) mass is 212 g/mol. The van der Waals surface area contributed by atoms with E-state index in [1.807, 2.05) is 6.92 Å². The van der Waals surface area contributed by atoms with Crippen LogP contribution in [0.2, 0.25) is 0 Å². The average molecular weight is 212 g/mol. The van der Waals surface area contributed by atoms with Crippen LogP contribution in [0.4, 0.5) is 4.39 Å². The third-order valence-electron chi connectivity index (χ3n) is 2.43. The van der Waals surface area contributed by atoms with E-state index >= 15 is 0 Å². The molecule has 0 heterocycles. The quantitative estimate of drug-likeness (QED) is 0.831. The summed E-state index contributed by atoms with van der Waals surface area (Å²) in [7, 11) is 1.51. The smallest absolute Gasteiger partial charge is 0.130 e. The van der Waals surface area contributed by atoms with Crippen LogP contribution in [0.25, 0.3) is 0 Å². The Labute approximate surface area is 89.7 Å². The first-order chi connectivity index (χ1) is 7.04. The van der Waals surface area contributed by atoms with Gasteiger partial charge in [0.1, 0.15) is 11.6 Å². The zero-order valence-electron chi connectivity index (χ0n) is 9.33. The molecule has 0 aliphatic carbocycles. The lowest BCUT2D eigenvalue weighted by molar-refractivity contribution is 0.176. The normalized spacial score (nSPS) is 14.7. The molecule has 1 aromatic carbocycles. The van der Waals surface area contributed by atoms with Gasteiger partial charge in [0.15, 0.2) is 0 Å². The molecule has 0 bridgehead atoms. The van der Waals surface area contributed by atoms with Gasteiger partial charge in [0, 0.05) is 6.07 Å². The molecule has 0 radical (unpaired) electrons. The van der Waals surface area contributed by atoms with Gasteiger partial charge in [0.25, 0.3) is 0 Å². The lowest BCUT2D eigenvalue weighted by atomic mass is 9.95. The van der Waals surface area contributed by atoms with Gasteiger partial charge < -0.3 is 9.84 Å². The standard InChI is InChI=1S/C12H17FO2/c1-8(6-9(2)14)11-5-4-10(15-3)7-12(11)13/h4-5,7-9,14H,6H2,1-3H3. The number of rotatable bonds is 4. The van der Waals surface area contributed by atoms with Crippen LogP contribution in [-0.4, -0.2) is 18.3 Å². The molecule has 1 rings (SSSR count). The van der Waals surface area contributed by atoms with E-state index < -0.39 is 6.10 Å². The minimum atomic E-state index is -0.415. The number of hydrogen-bond acceptors (Lipinski definition) is 2. The van der Waals surface area contributed by atoms with Crippen LogP contribution in [0.15, 0.2) is 18.2 Å². The second kappa shape index (κ2) is 5.12. The summed E-state index contributed by atoms with van der Waals surface area (Å²) in [6, 6.07) is 4.81. The van der Waals surface area contributed by atoms with Gasteiger partial charge in [-0.25, -0.2) is 4.39 Å². The number of aliphatic hydroxyl groups excluding tert-OH is 1. The molecular formula is C12H17FO2. The van der Waals surface area contributed by atoms with E-state index in [0.717, 1.165) is 0 Å². The Kier molecular flexibility index (Phi) is 4.09. The molecule has 0 fully saturated rings. The zero-order valence-corrected chi connectivity index (χ0v) is 9.33. The summed E-state index contributed by atoms with van der Waals surface area (Å²) >= 11 is 0. The van der Waals surface area contributed by atoms with Crippen LogP contribution in [-0.2, 0) is 0 Å². The van der Waals surface area contributed by atoms with Crippen molar-refractivity contribution in [3.8, 4) is 5.75 Å². The van der Waals surface area contributed by atoms with Crippen molar-refractivity contribution < 1.29 is 14.2 Å². The van der Waals surface area contributed by atoms with Crippen molar-refractivity contribution in [1.82, 2.24) is 0 Å². The molecule has 0 spiro atoms. The Morgan fingerprint density at radius 1 is 1.40 bits per heavy atom. The molecule has 15 heavy (non-hydrogen) atoms. The minimum Gasteiger partial charge on any atom is -0.497 e. The predicted octanol–water partition coefficient (Wildman–Crippen LogP) is 2.71. The van der Waals surface area contributed by atoms with Crippen LogP contribution in [0.5, 0.6) is 5.75 Å². The summed E-state index contributed by atoms with van der Waals surface area (Å²) in [4.78, 5) is 0. The maximum atomic E-state index is 13.6. The maximum absolute atomic E-state index is 13.6. The van der Waals surface area contributed by atoms with E-state index in [4.69, 9.17) is 4.74 Å². The van der Waals surface area contributed by atoms with E-state index in [-0.39, 0.29) is 11.7 Å². The summed E-state index contributed by atoms with van der Waals surface area (Å²) in [6.45, 7) is 3.61. The SMILES string of the molecule is COc1ccc(C(C)CC(C)O)c(F)c1. The molecule has 0 aliphatic heterocycles. The molecule has 2 nitrogen and oxygen atoms in total. The molecular weight excluding hydrogens is 195 g/mol. The van der Waals surface area contributed by atoms with Gasteiger partial charge >= 0.3 is 0 Å². The number of halogens is 1. The molecule has 0 saturated heterocycles. The van der Waals surface area contributed by atoms with Crippen LogP contribution < -0.4 is 4.74 Å². The lowest BCUT2D eigenvalue weighted by Gasteiger charge is -2.15. The van der Waals surface area contributed by atoms with E-state index in [1.165, 1.54) is 13.2 Å². The van der Waals surface area contributed by atoms with Gasteiger partial charge in [0.05, 0.1) is 13.2 Å². The molecule has 0 aliphatic rings. The number of ether oxygens (including phenoxy) is 1. The molecule has 0 saturated carbocycles. The Bertz CT molecular complexity index is 323. The van der Waals surface area contributed by atoms with Crippen LogP contribution in [0, 0.1) is 5.82 Å². The highest BCUT2D eigenvalue weighted by Gasteiger charge is 2.13. The Hall–Kier alpha value is -1.09. The van der Waals surface area contributed by atoms with Crippen LogP contribution in [0.1, 0.15) is 31.7 Å². The van der Waals surface area contributed by atoms with E-state index in [9.17, 15) is 9.50 Å². The van der Waals surface area contributed by atoms with E-state index in [0.29, 0.717) is 17.7 Å². The van der Waals surface area contributed by atoms with Crippen molar-refractivity contribution in [2.45, 2.75) is 32.3 Å². The number of hydrogen-bond donors (Lipinski definition) is 1. The van der Waals surface area contributed by atoms with Gasteiger partial charge in [0.2, 0.25) is 0 Å². The first kappa shape index (κ1) is 12.0. The summed E-state index contributed by atoms with van der Waals surface area (Å²) in [5.41, 5.74) is 0.622. The topological polar surface area (TPSA) is 29.5 Å². The van der Waals surface area contributed by atoms with Crippen LogP contribution >= 0.6 is 0 Å². The molecule has 0 aromatic heterocycles. The van der Waals surface area contributed by atoms with Crippen molar-refractivity contribution in [1.29, 1.82) is 0 Å². The highest BCUT2D eigenvalue weighted by Crippen LogP contribution is 2.26. The molecule has 0 amide bonds. The summed E-state index contributed by atoms with van der Waals surface area (Å²) in [5.74, 6) is 0.249. The highest BCUT2D eigenvalue weighted by atomic mass is 19.1. The van der Waals surface area contributed by atoms with Crippen molar-refractivity contribution in [2.75, 3.05) is 7.11 Å². The summed E-state index contributed by atoms with van der Waals surface area (Å²) in [5, 5.41) is 9.23. The molecule has 1 N–H and O–H groups in total. The summed E-state index contributed by atoms with van der Waals surface area (Å²) in [6.07, 6.45) is 0.144. The van der Waals surface area contributed by atoms with E-state index in [2.05, 4.69) is 0 Å². The Morgan fingerprint density at radius 3 is 2.53 bits per heavy atom. The van der Waals surface area contributed by atoms with Gasteiger partial charge in [-0.1, -0.05) is 13.0 Å². The maximum Gasteiger partial charge on any atom is 0.130 e. The average Bonchev–Trinajstić information content (AvgIpc) is 2.16. The second-order valence-corrected chi connectivity index (χ2v) is 3.87. The van der Waals surface area contributed by atoms with Crippen molar-refractivity contribution in [3.63, 3.8) is 0 Å². The largest absolute Gasteiger partial charge is 0.497 e. The molecule has 3 heteroatoms. The minimum absolute atomic E-state index is 0.0101. The molecule has 2 unspecified atom stereocenters. The number of aliphatic hydroxyl groups is 1. The fourth-order valence-electron chi connectivity index (χ4n) is 1.67. The van der Waals surface area contributed by atoms with E-state index in [1.54, 1.807) is 19.1 Å². The van der Waals surface area contributed by atoms with Gasteiger partial charge in [-0.15, -0.1) is 0 Å². The second-order valence-electron chi connectivity index (χ2n) is 3.87. The lowest BCUT2D eigenvalue weighted by Crippen LogP contribution is -2.07. The van der Waals surface area contributed by atoms with Crippen molar-refractivity contribution in [3.05, 3.63) is 29.6 Å². The first-order valence-corrected chi connectivity index (χ1v) is 5.06. The van der Waals surface area contributed by atoms with Crippen LogP contribution in [0.3, 0.4) is 0 Å². The Balaban J connectivity index is 2.85. The first-order valence-electron chi connectivity index (χ1n) is 5.06. The fraction of sp³-hybridized carbons (Fsp3) is 0.500. The van der Waals surface area contributed by atoms with Crippen molar-refractivity contribution in [2.24, 2.45) is 0 Å². The molecule has 2 atom stereocenters. The zero-order chi connectivity index (χ0) is 11.4. The highest BCUT2D eigenvalue weighted by molar-refractivity contribution is 5.30. The molecule has 1 aromatic rings. The third-order valence-corrected chi connectivity index (χ3v) is 2.43. The molecule has 84 valence electrons.